The molecule has 0 radical (unpaired) electrons. The Morgan fingerprint density at radius 2 is 1.76 bits per heavy atom. The summed E-state index contributed by atoms with van der Waals surface area (Å²) in [5, 5.41) is 10.7. The lowest BCUT2D eigenvalue weighted by Gasteiger charge is -2.06. The largest absolute Gasteiger partial charge is 0.399 e. The lowest BCUT2D eigenvalue weighted by molar-refractivity contribution is 0.584. The number of halogens is 3. The van der Waals surface area contributed by atoms with E-state index in [1.54, 1.807) is 0 Å². The minimum absolute atomic E-state index is 0.0469. The van der Waals surface area contributed by atoms with Crippen LogP contribution in [0, 0.1) is 17.5 Å². The predicted molar refractivity (Wildman–Crippen MR) is 68.9 cm³/mol. The first kappa shape index (κ1) is 13.1. The first-order valence-corrected chi connectivity index (χ1v) is 5.85. The molecule has 5 nitrogen and oxygen atoms in total. The number of hydrogen-bond acceptors (Lipinski definition) is 4. The van der Waals surface area contributed by atoms with Crippen LogP contribution in [0.3, 0.4) is 0 Å². The molecule has 3 aromatic rings. The van der Waals surface area contributed by atoms with Crippen molar-refractivity contribution in [2.45, 2.75) is 0 Å². The molecular weight excluding hydrogens is 283 g/mol. The van der Waals surface area contributed by atoms with Crippen LogP contribution in [0.15, 0.2) is 36.4 Å². The van der Waals surface area contributed by atoms with Crippen LogP contribution >= 0.6 is 0 Å². The Kier molecular flexibility index (Phi) is 3.05. The van der Waals surface area contributed by atoms with Gasteiger partial charge in [0.05, 0.1) is 0 Å². The van der Waals surface area contributed by atoms with Crippen LogP contribution in [0.25, 0.3) is 17.1 Å². The number of nitrogens with two attached hydrogens (primary N) is 1. The van der Waals surface area contributed by atoms with Crippen molar-refractivity contribution in [1.29, 1.82) is 0 Å². The lowest BCUT2D eigenvalue weighted by atomic mass is 10.2. The number of tetrazole rings is 1. The van der Waals surface area contributed by atoms with Crippen LogP contribution in [-0.2, 0) is 0 Å². The van der Waals surface area contributed by atoms with Crippen LogP contribution in [0.1, 0.15) is 0 Å². The SMILES string of the molecule is Nc1cc(F)cc(-c2nnnn2-c2cc(F)ccc2F)c1. The first-order chi connectivity index (χ1) is 10.0. The van der Waals surface area contributed by atoms with Crippen molar-refractivity contribution in [1.82, 2.24) is 20.2 Å². The molecule has 0 bridgehead atoms. The Morgan fingerprint density at radius 3 is 2.52 bits per heavy atom. The Morgan fingerprint density at radius 1 is 0.952 bits per heavy atom. The van der Waals surface area contributed by atoms with Gasteiger partial charge in [0, 0.05) is 17.3 Å². The fourth-order valence-corrected chi connectivity index (χ4v) is 1.92. The fourth-order valence-electron chi connectivity index (χ4n) is 1.92. The van der Waals surface area contributed by atoms with Gasteiger partial charge in [-0.1, -0.05) is 0 Å². The molecule has 1 aromatic heterocycles. The van der Waals surface area contributed by atoms with E-state index in [1.807, 2.05) is 0 Å². The number of benzene rings is 2. The summed E-state index contributed by atoms with van der Waals surface area (Å²) in [7, 11) is 0. The van der Waals surface area contributed by atoms with Crippen LogP contribution < -0.4 is 5.73 Å². The molecule has 0 saturated heterocycles. The summed E-state index contributed by atoms with van der Waals surface area (Å²) in [5.74, 6) is -1.90. The zero-order valence-corrected chi connectivity index (χ0v) is 10.5. The van der Waals surface area contributed by atoms with Gasteiger partial charge in [-0.05, 0) is 40.8 Å². The van der Waals surface area contributed by atoms with E-state index in [0.29, 0.717) is 0 Å². The number of nitrogen functional groups attached to an aromatic ring is 1. The van der Waals surface area contributed by atoms with Gasteiger partial charge in [0.1, 0.15) is 23.1 Å². The van der Waals surface area contributed by atoms with Gasteiger partial charge in [0.15, 0.2) is 5.82 Å². The summed E-state index contributed by atoms with van der Waals surface area (Å²) in [4.78, 5) is 0. The van der Waals surface area contributed by atoms with Crippen molar-refractivity contribution < 1.29 is 13.2 Å². The Labute approximate surface area is 116 Å². The van der Waals surface area contributed by atoms with Crippen molar-refractivity contribution in [3.63, 3.8) is 0 Å². The second-order valence-corrected chi connectivity index (χ2v) is 4.28. The van der Waals surface area contributed by atoms with E-state index in [0.717, 1.165) is 35.0 Å². The maximum absolute atomic E-state index is 13.8. The number of hydrogen-bond donors (Lipinski definition) is 1. The molecule has 8 heteroatoms. The van der Waals surface area contributed by atoms with E-state index in [1.165, 1.54) is 6.07 Å². The third-order valence-electron chi connectivity index (χ3n) is 2.78. The monoisotopic (exact) mass is 291 g/mol. The molecule has 0 unspecified atom stereocenters. The van der Waals surface area contributed by atoms with Gasteiger partial charge in [-0.2, -0.15) is 4.68 Å². The molecule has 3 rings (SSSR count). The summed E-state index contributed by atoms with van der Waals surface area (Å²) in [6.45, 7) is 0. The molecule has 0 atom stereocenters. The molecule has 1 heterocycles. The summed E-state index contributed by atoms with van der Waals surface area (Å²) >= 11 is 0. The van der Waals surface area contributed by atoms with Crippen molar-refractivity contribution >= 4 is 5.69 Å². The van der Waals surface area contributed by atoms with E-state index in [9.17, 15) is 13.2 Å². The highest BCUT2D eigenvalue weighted by atomic mass is 19.1. The van der Waals surface area contributed by atoms with Gasteiger partial charge in [-0.15, -0.1) is 5.10 Å². The van der Waals surface area contributed by atoms with Crippen molar-refractivity contribution in [2.75, 3.05) is 5.73 Å². The van der Waals surface area contributed by atoms with Gasteiger partial charge in [-0.25, -0.2) is 13.2 Å². The highest BCUT2D eigenvalue weighted by Crippen LogP contribution is 2.24. The maximum Gasteiger partial charge on any atom is 0.187 e. The number of nitrogens with zero attached hydrogens (tertiary/aromatic N) is 4. The third-order valence-corrected chi connectivity index (χ3v) is 2.78. The van der Waals surface area contributed by atoms with Crippen LogP contribution in [0.5, 0.6) is 0 Å². The molecular formula is C13H8F3N5. The maximum atomic E-state index is 13.8. The number of anilines is 1. The van der Waals surface area contributed by atoms with Gasteiger partial charge in [-0.3, -0.25) is 0 Å². The molecule has 21 heavy (non-hydrogen) atoms. The summed E-state index contributed by atoms with van der Waals surface area (Å²) in [6.07, 6.45) is 0. The van der Waals surface area contributed by atoms with Gasteiger partial charge >= 0.3 is 0 Å². The fraction of sp³-hybridized carbons (Fsp3) is 0. The molecule has 2 N–H and O–H groups in total. The van der Waals surface area contributed by atoms with Gasteiger partial charge in [0.25, 0.3) is 0 Å². The molecule has 0 aliphatic rings. The molecule has 0 aliphatic heterocycles. The second kappa shape index (κ2) is 4.89. The quantitative estimate of drug-likeness (QED) is 0.736. The standard InChI is InChI=1S/C13H8F3N5/c14-8-1-2-11(16)12(6-8)21-13(18-19-20-21)7-3-9(15)5-10(17)4-7/h1-6H,17H2. The Hall–Kier alpha value is -2.90. The summed E-state index contributed by atoms with van der Waals surface area (Å²) in [5.41, 5.74) is 5.79. The smallest absolute Gasteiger partial charge is 0.187 e. The second-order valence-electron chi connectivity index (χ2n) is 4.28. The molecule has 0 spiro atoms. The van der Waals surface area contributed by atoms with E-state index < -0.39 is 17.5 Å². The Bertz CT molecular complexity index is 795. The highest BCUT2D eigenvalue weighted by Gasteiger charge is 2.16. The third kappa shape index (κ3) is 2.42. The molecule has 106 valence electrons. The van der Waals surface area contributed by atoms with Crippen molar-refractivity contribution in [3.8, 4) is 17.1 Å². The molecule has 0 fully saturated rings. The lowest BCUT2D eigenvalue weighted by Crippen LogP contribution is -2.04. The zero-order chi connectivity index (χ0) is 15.0. The average Bonchev–Trinajstić information content (AvgIpc) is 2.89. The number of rotatable bonds is 2. The van der Waals surface area contributed by atoms with Crippen LogP contribution in [0.4, 0.5) is 18.9 Å². The van der Waals surface area contributed by atoms with Gasteiger partial charge in [0.2, 0.25) is 0 Å². The Balaban J connectivity index is 2.19. The number of aromatic nitrogens is 4. The minimum Gasteiger partial charge on any atom is -0.399 e. The molecule has 2 aromatic carbocycles. The topological polar surface area (TPSA) is 69.6 Å². The van der Waals surface area contributed by atoms with E-state index in [4.69, 9.17) is 5.73 Å². The molecule has 0 amide bonds. The van der Waals surface area contributed by atoms with E-state index in [2.05, 4.69) is 15.5 Å². The van der Waals surface area contributed by atoms with E-state index in [-0.39, 0.29) is 22.8 Å². The summed E-state index contributed by atoms with van der Waals surface area (Å²) < 4.78 is 41.5. The van der Waals surface area contributed by atoms with Crippen molar-refractivity contribution in [2.24, 2.45) is 0 Å². The first-order valence-electron chi connectivity index (χ1n) is 5.85. The van der Waals surface area contributed by atoms with Gasteiger partial charge < -0.3 is 5.73 Å². The minimum atomic E-state index is -0.714. The van der Waals surface area contributed by atoms with Crippen LogP contribution in [-0.4, -0.2) is 20.2 Å². The highest BCUT2D eigenvalue weighted by molar-refractivity contribution is 5.62. The van der Waals surface area contributed by atoms with Crippen LogP contribution in [0.2, 0.25) is 0 Å². The zero-order valence-electron chi connectivity index (χ0n) is 10.5. The predicted octanol–water partition coefficient (Wildman–Crippen LogP) is 2.33. The molecule has 0 saturated carbocycles. The molecule has 0 aliphatic carbocycles. The normalized spacial score (nSPS) is 10.8. The van der Waals surface area contributed by atoms with Crippen molar-refractivity contribution in [3.05, 3.63) is 53.8 Å². The van der Waals surface area contributed by atoms with E-state index >= 15 is 0 Å². The average molecular weight is 291 g/mol. The summed E-state index contributed by atoms with van der Waals surface area (Å²) in [6, 6.07) is 6.58.